The van der Waals surface area contributed by atoms with Gasteiger partial charge in [-0.15, -0.1) is 0 Å². The van der Waals surface area contributed by atoms with Crippen molar-refractivity contribution in [2.45, 2.75) is 6.92 Å². The molecule has 1 amide bonds. The fourth-order valence-electron chi connectivity index (χ4n) is 1.12. The van der Waals surface area contributed by atoms with Crippen LogP contribution in [0.3, 0.4) is 0 Å². The monoisotopic (exact) mass is 277 g/mol. The molecule has 0 aliphatic rings. The molecule has 0 fully saturated rings. The Hall–Kier alpha value is -2.74. The number of H-pyrrole nitrogens is 1. The predicted molar refractivity (Wildman–Crippen MR) is 72.3 cm³/mol. The quantitative estimate of drug-likeness (QED) is 0.473. The first kappa shape index (κ1) is 15.3. The highest BCUT2D eigenvalue weighted by atomic mass is 16.3. The third kappa shape index (κ3) is 4.86. The van der Waals surface area contributed by atoms with Crippen molar-refractivity contribution in [1.82, 2.24) is 20.6 Å². The van der Waals surface area contributed by atoms with Crippen LogP contribution in [0, 0.1) is 0 Å². The average Bonchev–Trinajstić information content (AvgIpc) is 2.96. The minimum Gasteiger partial charge on any atom is -0.507 e. The summed E-state index contributed by atoms with van der Waals surface area (Å²) in [4.78, 5) is 15.0. The van der Waals surface area contributed by atoms with Crippen molar-refractivity contribution >= 4 is 12.1 Å². The molecule has 0 bridgehead atoms. The van der Waals surface area contributed by atoms with Gasteiger partial charge in [0.05, 0.1) is 6.21 Å². The number of nitrogens with one attached hydrogen (secondary N) is 2. The van der Waals surface area contributed by atoms with Gasteiger partial charge in [-0.2, -0.15) is 10.2 Å². The number of para-hydroxylation sites is 1. The molecule has 0 spiro atoms. The summed E-state index contributed by atoms with van der Waals surface area (Å²) >= 11 is 0. The Balaban J connectivity index is 0.000000612. The summed E-state index contributed by atoms with van der Waals surface area (Å²) in [5.74, 6) is -0.348. The SMILES string of the molecule is CCO.O=C(N/N=C/c1ccccc1O)c1ncn[nH]1. The van der Waals surface area contributed by atoms with E-state index < -0.39 is 5.91 Å². The molecule has 0 atom stereocenters. The molecule has 1 aromatic heterocycles. The van der Waals surface area contributed by atoms with Crippen LogP contribution in [0.15, 0.2) is 35.7 Å². The maximum Gasteiger partial charge on any atom is 0.308 e. The molecule has 0 unspecified atom stereocenters. The number of aromatic amines is 1. The van der Waals surface area contributed by atoms with Crippen LogP contribution in [0.25, 0.3) is 0 Å². The number of hydrogen-bond acceptors (Lipinski definition) is 6. The molecule has 8 heteroatoms. The molecular formula is C12H15N5O3. The van der Waals surface area contributed by atoms with E-state index in [9.17, 15) is 9.90 Å². The standard InChI is InChI=1S/C10H9N5O2.C2H6O/c16-8-4-2-1-3-7(8)5-12-15-10(17)9-11-6-13-14-9;1-2-3/h1-6,16H,(H,15,17)(H,11,13,14);3H,2H2,1H3/b12-5+;. The van der Waals surface area contributed by atoms with Crippen molar-refractivity contribution in [2.75, 3.05) is 6.61 Å². The van der Waals surface area contributed by atoms with Crippen molar-refractivity contribution in [2.24, 2.45) is 5.10 Å². The fourth-order valence-corrected chi connectivity index (χ4v) is 1.12. The molecule has 0 saturated carbocycles. The summed E-state index contributed by atoms with van der Waals surface area (Å²) in [5, 5.41) is 26.6. The van der Waals surface area contributed by atoms with Crippen molar-refractivity contribution in [3.05, 3.63) is 42.0 Å². The average molecular weight is 277 g/mol. The first-order chi connectivity index (χ1) is 9.69. The van der Waals surface area contributed by atoms with Crippen LogP contribution in [-0.4, -0.2) is 44.1 Å². The first-order valence-electron chi connectivity index (χ1n) is 5.76. The zero-order valence-electron chi connectivity index (χ0n) is 10.8. The van der Waals surface area contributed by atoms with Gasteiger partial charge in [0, 0.05) is 12.2 Å². The van der Waals surface area contributed by atoms with Gasteiger partial charge < -0.3 is 10.2 Å². The largest absolute Gasteiger partial charge is 0.507 e. The van der Waals surface area contributed by atoms with Crippen LogP contribution in [0.4, 0.5) is 0 Å². The number of benzene rings is 1. The Labute approximate surface area is 115 Å². The number of carbonyl (C=O) groups is 1. The topological polar surface area (TPSA) is 123 Å². The number of hydrogen-bond donors (Lipinski definition) is 4. The van der Waals surface area contributed by atoms with E-state index in [2.05, 4.69) is 25.7 Å². The number of hydrazone groups is 1. The van der Waals surface area contributed by atoms with E-state index in [-0.39, 0.29) is 18.2 Å². The van der Waals surface area contributed by atoms with Gasteiger partial charge in [-0.1, -0.05) is 12.1 Å². The molecule has 0 aliphatic carbocycles. The lowest BCUT2D eigenvalue weighted by molar-refractivity contribution is 0.0945. The van der Waals surface area contributed by atoms with E-state index in [1.165, 1.54) is 18.6 Å². The van der Waals surface area contributed by atoms with Gasteiger partial charge in [-0.25, -0.2) is 10.4 Å². The molecule has 1 aromatic carbocycles. The zero-order chi connectivity index (χ0) is 14.8. The number of nitrogens with zero attached hydrogens (tertiary/aromatic N) is 3. The summed E-state index contributed by atoms with van der Waals surface area (Å²) in [6.45, 7) is 1.93. The van der Waals surface area contributed by atoms with Gasteiger partial charge in [-0.3, -0.25) is 9.89 Å². The second kappa shape index (κ2) is 8.38. The molecule has 20 heavy (non-hydrogen) atoms. The Morgan fingerprint density at radius 1 is 1.50 bits per heavy atom. The number of rotatable bonds is 3. The van der Waals surface area contributed by atoms with E-state index in [4.69, 9.17) is 5.11 Å². The lowest BCUT2D eigenvalue weighted by Crippen LogP contribution is -2.19. The second-order valence-corrected chi connectivity index (χ2v) is 3.41. The molecule has 2 rings (SSSR count). The van der Waals surface area contributed by atoms with Gasteiger partial charge in [0.1, 0.15) is 12.1 Å². The predicted octanol–water partition coefficient (Wildman–Crippen LogP) is 0.273. The molecular weight excluding hydrogens is 262 g/mol. The van der Waals surface area contributed by atoms with Crippen LogP contribution >= 0.6 is 0 Å². The molecule has 0 radical (unpaired) electrons. The van der Waals surface area contributed by atoms with Crippen molar-refractivity contribution in [1.29, 1.82) is 0 Å². The van der Waals surface area contributed by atoms with Gasteiger partial charge in [0.2, 0.25) is 5.82 Å². The number of phenolic OH excluding ortho intramolecular Hbond substituents is 1. The highest BCUT2D eigenvalue weighted by Gasteiger charge is 2.06. The van der Waals surface area contributed by atoms with E-state index >= 15 is 0 Å². The van der Waals surface area contributed by atoms with E-state index in [1.54, 1.807) is 25.1 Å². The lowest BCUT2D eigenvalue weighted by atomic mass is 10.2. The second-order valence-electron chi connectivity index (χ2n) is 3.41. The van der Waals surface area contributed by atoms with E-state index in [0.29, 0.717) is 5.56 Å². The Morgan fingerprint density at radius 2 is 2.20 bits per heavy atom. The molecule has 2 aromatic rings. The maximum atomic E-state index is 11.4. The number of carbonyl (C=O) groups excluding carboxylic acids is 1. The van der Waals surface area contributed by atoms with Gasteiger partial charge >= 0.3 is 5.91 Å². The molecule has 4 N–H and O–H groups in total. The van der Waals surface area contributed by atoms with E-state index in [1.807, 2.05) is 0 Å². The van der Waals surface area contributed by atoms with Crippen LogP contribution < -0.4 is 5.43 Å². The van der Waals surface area contributed by atoms with Gasteiger partial charge in [0.25, 0.3) is 0 Å². The summed E-state index contributed by atoms with van der Waals surface area (Å²) in [6.07, 6.45) is 2.56. The number of phenols is 1. The van der Waals surface area contributed by atoms with Gasteiger partial charge in [0.15, 0.2) is 0 Å². The van der Waals surface area contributed by atoms with Crippen LogP contribution in [-0.2, 0) is 0 Å². The van der Waals surface area contributed by atoms with Crippen molar-refractivity contribution in [3.8, 4) is 5.75 Å². The Bertz CT molecular complexity index is 554. The summed E-state index contributed by atoms with van der Waals surface area (Å²) < 4.78 is 0. The van der Waals surface area contributed by atoms with Crippen LogP contribution in [0.5, 0.6) is 5.75 Å². The normalized spacial score (nSPS) is 9.90. The van der Waals surface area contributed by atoms with Crippen molar-refractivity contribution < 1.29 is 15.0 Å². The summed E-state index contributed by atoms with van der Waals surface area (Å²) in [7, 11) is 0. The Kier molecular flexibility index (Phi) is 6.42. The number of aromatic nitrogens is 3. The smallest absolute Gasteiger partial charge is 0.308 e. The van der Waals surface area contributed by atoms with E-state index in [0.717, 1.165) is 0 Å². The third-order valence-corrected chi connectivity index (χ3v) is 1.94. The molecule has 0 saturated heterocycles. The first-order valence-corrected chi connectivity index (χ1v) is 5.76. The molecule has 106 valence electrons. The fraction of sp³-hybridized carbons (Fsp3) is 0.167. The van der Waals surface area contributed by atoms with Crippen LogP contribution in [0.2, 0.25) is 0 Å². The lowest BCUT2D eigenvalue weighted by Gasteiger charge is -1.97. The molecule has 1 heterocycles. The number of amides is 1. The van der Waals surface area contributed by atoms with Crippen molar-refractivity contribution in [3.63, 3.8) is 0 Å². The van der Waals surface area contributed by atoms with Gasteiger partial charge in [-0.05, 0) is 19.1 Å². The minimum absolute atomic E-state index is 0.0689. The minimum atomic E-state index is -0.505. The highest BCUT2D eigenvalue weighted by molar-refractivity contribution is 5.91. The molecule has 0 aliphatic heterocycles. The maximum absolute atomic E-state index is 11.4. The molecule has 8 nitrogen and oxygen atoms in total. The third-order valence-electron chi connectivity index (χ3n) is 1.94. The summed E-state index contributed by atoms with van der Waals surface area (Å²) in [5.41, 5.74) is 2.75. The number of aromatic hydroxyl groups is 1. The number of aliphatic hydroxyl groups excluding tert-OH is 1. The zero-order valence-corrected chi connectivity index (χ0v) is 10.8. The summed E-state index contributed by atoms with van der Waals surface area (Å²) in [6, 6.07) is 6.64. The number of aliphatic hydroxyl groups is 1. The van der Waals surface area contributed by atoms with Crippen LogP contribution in [0.1, 0.15) is 23.1 Å². The highest BCUT2D eigenvalue weighted by Crippen LogP contribution is 2.12. The Morgan fingerprint density at radius 3 is 2.80 bits per heavy atom.